The molecule has 0 fully saturated rings. The van der Waals surface area contributed by atoms with Gasteiger partial charge in [-0.25, -0.2) is 0 Å². The predicted octanol–water partition coefficient (Wildman–Crippen LogP) is 1.47. The molecule has 2 unspecified atom stereocenters. The van der Waals surface area contributed by atoms with Crippen molar-refractivity contribution < 1.29 is 4.74 Å². The minimum atomic E-state index is -0.0840. The Hall–Kier alpha value is 0.230. The molecule has 0 saturated heterocycles. The summed E-state index contributed by atoms with van der Waals surface area (Å²) in [6, 6.07) is 0.479. The monoisotopic (exact) mass is 234 g/mol. The van der Waals surface area contributed by atoms with Crippen molar-refractivity contribution in [3.8, 4) is 0 Å². The molecule has 0 heterocycles. The molecule has 0 rings (SSSR count). The lowest BCUT2D eigenvalue weighted by molar-refractivity contribution is 0.164. The summed E-state index contributed by atoms with van der Waals surface area (Å²) in [4.78, 5) is 0. The molecule has 0 aliphatic heterocycles. The van der Waals surface area contributed by atoms with E-state index in [2.05, 4.69) is 19.2 Å². The van der Waals surface area contributed by atoms with Gasteiger partial charge in [0, 0.05) is 29.7 Å². The number of hydrogen-bond acceptors (Lipinski definition) is 4. The molecule has 0 aliphatic carbocycles. The summed E-state index contributed by atoms with van der Waals surface area (Å²) in [6.45, 7) is 7.94. The van der Waals surface area contributed by atoms with Crippen LogP contribution in [0.15, 0.2) is 0 Å². The summed E-state index contributed by atoms with van der Waals surface area (Å²) in [6.07, 6.45) is 1.01. The van der Waals surface area contributed by atoms with E-state index in [-0.39, 0.29) is 5.54 Å². The van der Waals surface area contributed by atoms with E-state index >= 15 is 0 Å². The van der Waals surface area contributed by atoms with Gasteiger partial charge in [-0.05, 0) is 34.2 Å². The fraction of sp³-hybridized carbons (Fsp3) is 1.00. The van der Waals surface area contributed by atoms with Gasteiger partial charge in [-0.2, -0.15) is 11.8 Å². The van der Waals surface area contributed by atoms with Gasteiger partial charge in [0.1, 0.15) is 0 Å². The fourth-order valence-electron chi connectivity index (χ4n) is 1.43. The van der Waals surface area contributed by atoms with Crippen LogP contribution in [-0.4, -0.2) is 43.3 Å². The normalized spacial score (nSPS) is 17.4. The molecule has 92 valence electrons. The second-order valence-electron chi connectivity index (χ2n) is 4.30. The Kier molecular flexibility index (Phi) is 8.52. The van der Waals surface area contributed by atoms with E-state index in [1.807, 2.05) is 25.7 Å². The summed E-state index contributed by atoms with van der Waals surface area (Å²) >= 11 is 1.87. The van der Waals surface area contributed by atoms with Gasteiger partial charge in [-0.1, -0.05) is 0 Å². The van der Waals surface area contributed by atoms with Crippen LogP contribution in [-0.2, 0) is 4.74 Å². The zero-order valence-corrected chi connectivity index (χ0v) is 11.3. The lowest BCUT2D eigenvalue weighted by Crippen LogP contribution is -2.44. The number of hydrogen-bond donors (Lipinski definition) is 2. The van der Waals surface area contributed by atoms with Gasteiger partial charge in [0.2, 0.25) is 0 Å². The van der Waals surface area contributed by atoms with Crippen LogP contribution in [0, 0.1) is 0 Å². The third-order valence-corrected chi connectivity index (χ3v) is 3.59. The van der Waals surface area contributed by atoms with Crippen LogP contribution >= 0.6 is 11.8 Å². The zero-order chi connectivity index (χ0) is 11.7. The molecule has 0 spiro atoms. The SMILES string of the molecule is CCOCCSCC(C)(N)CC(C)NC. The van der Waals surface area contributed by atoms with Gasteiger partial charge >= 0.3 is 0 Å². The summed E-state index contributed by atoms with van der Waals surface area (Å²) in [7, 11) is 1.98. The Morgan fingerprint density at radius 2 is 2.20 bits per heavy atom. The summed E-state index contributed by atoms with van der Waals surface area (Å²) < 4.78 is 5.28. The lowest BCUT2D eigenvalue weighted by Gasteiger charge is -2.27. The lowest BCUT2D eigenvalue weighted by atomic mass is 9.97. The maximum Gasteiger partial charge on any atom is 0.0556 e. The highest BCUT2D eigenvalue weighted by molar-refractivity contribution is 7.99. The molecule has 3 N–H and O–H groups in total. The molecule has 0 amide bonds. The minimum absolute atomic E-state index is 0.0840. The Balaban J connectivity index is 3.55. The van der Waals surface area contributed by atoms with Crippen LogP contribution in [0.25, 0.3) is 0 Å². The first kappa shape index (κ1) is 15.2. The molecule has 0 aromatic carbocycles. The van der Waals surface area contributed by atoms with Crippen molar-refractivity contribution in [1.29, 1.82) is 0 Å². The molecule has 0 aromatic rings. The zero-order valence-electron chi connectivity index (χ0n) is 10.5. The van der Waals surface area contributed by atoms with E-state index < -0.39 is 0 Å². The highest BCUT2D eigenvalue weighted by Crippen LogP contribution is 2.16. The molecule has 2 atom stereocenters. The van der Waals surface area contributed by atoms with Crippen LogP contribution in [0.1, 0.15) is 27.2 Å². The van der Waals surface area contributed by atoms with Crippen molar-refractivity contribution in [3.05, 3.63) is 0 Å². The van der Waals surface area contributed by atoms with E-state index in [1.54, 1.807) is 0 Å². The third-order valence-electron chi connectivity index (χ3n) is 2.27. The van der Waals surface area contributed by atoms with Crippen LogP contribution < -0.4 is 11.1 Å². The van der Waals surface area contributed by atoms with Gasteiger partial charge in [-0.3, -0.25) is 0 Å². The van der Waals surface area contributed by atoms with Gasteiger partial charge < -0.3 is 15.8 Å². The average molecular weight is 234 g/mol. The number of nitrogens with two attached hydrogens (primary N) is 1. The maximum atomic E-state index is 6.21. The molecule has 0 saturated carbocycles. The Labute approximate surface area is 98.5 Å². The first-order chi connectivity index (χ1) is 7.02. The standard InChI is InChI=1S/C11H26N2OS/c1-5-14-6-7-15-9-11(3,12)8-10(2)13-4/h10,13H,5-9,12H2,1-4H3. The Bertz CT molecular complexity index is 154. The van der Waals surface area contributed by atoms with Crippen molar-refractivity contribution in [2.24, 2.45) is 5.73 Å². The van der Waals surface area contributed by atoms with E-state index in [9.17, 15) is 0 Å². The summed E-state index contributed by atoms with van der Waals surface area (Å²) in [5.41, 5.74) is 6.12. The molecular formula is C11H26N2OS. The van der Waals surface area contributed by atoms with Gasteiger partial charge in [0.15, 0.2) is 0 Å². The number of rotatable bonds is 9. The van der Waals surface area contributed by atoms with Crippen LogP contribution in [0.5, 0.6) is 0 Å². The number of ether oxygens (including phenoxy) is 1. The summed E-state index contributed by atoms with van der Waals surface area (Å²) in [5, 5.41) is 3.22. The molecule has 4 heteroatoms. The molecule has 3 nitrogen and oxygen atoms in total. The van der Waals surface area contributed by atoms with Gasteiger partial charge in [0.25, 0.3) is 0 Å². The first-order valence-electron chi connectivity index (χ1n) is 5.63. The second-order valence-corrected chi connectivity index (χ2v) is 5.40. The highest BCUT2D eigenvalue weighted by atomic mass is 32.2. The molecule has 0 aromatic heterocycles. The van der Waals surface area contributed by atoms with E-state index in [0.29, 0.717) is 6.04 Å². The fourth-order valence-corrected chi connectivity index (χ4v) is 2.39. The average Bonchev–Trinajstić information content (AvgIpc) is 2.16. The number of nitrogens with one attached hydrogen (secondary N) is 1. The maximum absolute atomic E-state index is 6.21. The van der Waals surface area contributed by atoms with Gasteiger partial charge in [-0.15, -0.1) is 0 Å². The van der Waals surface area contributed by atoms with Crippen molar-refractivity contribution >= 4 is 11.8 Å². The Morgan fingerprint density at radius 3 is 2.73 bits per heavy atom. The van der Waals surface area contributed by atoms with Crippen molar-refractivity contribution in [2.75, 3.05) is 31.8 Å². The third kappa shape index (κ3) is 9.18. The van der Waals surface area contributed by atoms with Crippen LogP contribution in [0.2, 0.25) is 0 Å². The van der Waals surface area contributed by atoms with Crippen LogP contribution in [0.3, 0.4) is 0 Å². The predicted molar refractivity (Wildman–Crippen MR) is 69.5 cm³/mol. The van der Waals surface area contributed by atoms with E-state index in [0.717, 1.165) is 31.1 Å². The minimum Gasteiger partial charge on any atom is -0.381 e. The quantitative estimate of drug-likeness (QED) is 0.593. The van der Waals surface area contributed by atoms with Crippen LogP contribution in [0.4, 0.5) is 0 Å². The smallest absolute Gasteiger partial charge is 0.0556 e. The van der Waals surface area contributed by atoms with Crippen molar-refractivity contribution in [2.45, 2.75) is 38.8 Å². The largest absolute Gasteiger partial charge is 0.381 e. The Morgan fingerprint density at radius 1 is 1.53 bits per heavy atom. The topological polar surface area (TPSA) is 47.3 Å². The second kappa shape index (κ2) is 8.39. The molecular weight excluding hydrogens is 208 g/mol. The van der Waals surface area contributed by atoms with E-state index in [4.69, 9.17) is 10.5 Å². The first-order valence-corrected chi connectivity index (χ1v) is 6.79. The van der Waals surface area contributed by atoms with Gasteiger partial charge in [0.05, 0.1) is 6.61 Å². The number of thioether (sulfide) groups is 1. The van der Waals surface area contributed by atoms with Crippen molar-refractivity contribution in [1.82, 2.24) is 5.32 Å². The molecule has 0 bridgehead atoms. The molecule has 15 heavy (non-hydrogen) atoms. The van der Waals surface area contributed by atoms with Crippen molar-refractivity contribution in [3.63, 3.8) is 0 Å². The molecule has 0 radical (unpaired) electrons. The molecule has 0 aliphatic rings. The highest BCUT2D eigenvalue weighted by Gasteiger charge is 2.20. The summed E-state index contributed by atoms with van der Waals surface area (Å²) in [5.74, 6) is 2.03. The van der Waals surface area contributed by atoms with E-state index in [1.165, 1.54) is 0 Å².